The van der Waals surface area contributed by atoms with Crippen molar-refractivity contribution in [2.24, 2.45) is 0 Å². The van der Waals surface area contributed by atoms with E-state index in [9.17, 15) is 4.79 Å². The van der Waals surface area contributed by atoms with Crippen molar-refractivity contribution in [1.29, 1.82) is 0 Å². The molecule has 3 aromatic heterocycles. The van der Waals surface area contributed by atoms with E-state index in [4.69, 9.17) is 0 Å². The fraction of sp³-hybridized carbons (Fsp3) is 0.438. The molecule has 0 aromatic carbocycles. The third kappa shape index (κ3) is 2.47. The number of fused-ring (bicyclic) bond motifs is 1. The van der Waals surface area contributed by atoms with Gasteiger partial charge in [-0.25, -0.2) is 9.50 Å². The summed E-state index contributed by atoms with van der Waals surface area (Å²) >= 11 is 1.17. The van der Waals surface area contributed by atoms with Crippen molar-refractivity contribution in [3.05, 3.63) is 40.3 Å². The molecule has 4 heterocycles. The Kier molecular flexibility index (Phi) is 3.76. The van der Waals surface area contributed by atoms with E-state index in [-0.39, 0.29) is 11.9 Å². The van der Waals surface area contributed by atoms with Gasteiger partial charge in [0.15, 0.2) is 5.65 Å². The molecule has 1 aliphatic rings. The number of hydrogen-bond acceptors (Lipinski definition) is 6. The smallest absolute Gasteiger partial charge is 0.268 e. The summed E-state index contributed by atoms with van der Waals surface area (Å²) in [5.74, 6) is 0.0149. The Morgan fingerprint density at radius 1 is 1.33 bits per heavy atom. The first-order valence-corrected chi connectivity index (χ1v) is 8.83. The van der Waals surface area contributed by atoms with E-state index in [2.05, 4.69) is 19.7 Å². The summed E-state index contributed by atoms with van der Waals surface area (Å²) in [7, 11) is 0. The standard InChI is InChI=1S/C16H18N6OS/c1-10-9-14-17-7-6-13(22(14)19-10)12-5-3-4-8-21(12)16(23)15-11(2)18-20-24-15/h6-7,9,12H,3-5,8H2,1-2H3/t12-/m0/s1. The fourth-order valence-electron chi connectivity index (χ4n) is 3.32. The number of likely N-dealkylation sites (tertiary alicyclic amines) is 1. The Hall–Kier alpha value is -2.35. The third-order valence-electron chi connectivity index (χ3n) is 4.46. The summed E-state index contributed by atoms with van der Waals surface area (Å²) in [4.78, 5) is 20.0. The van der Waals surface area contributed by atoms with Crippen LogP contribution in [-0.2, 0) is 0 Å². The zero-order valence-electron chi connectivity index (χ0n) is 13.6. The maximum Gasteiger partial charge on any atom is 0.268 e. The molecule has 0 spiro atoms. The Bertz CT molecular complexity index is 901. The van der Waals surface area contributed by atoms with Crippen LogP contribution in [0.1, 0.15) is 52.1 Å². The van der Waals surface area contributed by atoms with Crippen LogP contribution in [0.25, 0.3) is 5.65 Å². The van der Waals surface area contributed by atoms with E-state index in [1.807, 2.05) is 35.4 Å². The minimum atomic E-state index is -0.00227. The highest BCUT2D eigenvalue weighted by molar-refractivity contribution is 7.07. The predicted molar refractivity (Wildman–Crippen MR) is 90.0 cm³/mol. The Morgan fingerprint density at radius 2 is 2.21 bits per heavy atom. The van der Waals surface area contributed by atoms with Crippen LogP contribution in [0, 0.1) is 13.8 Å². The second-order valence-corrected chi connectivity index (χ2v) is 6.88. The maximum absolute atomic E-state index is 13.0. The summed E-state index contributed by atoms with van der Waals surface area (Å²) < 4.78 is 5.77. The number of aryl methyl sites for hydroxylation is 2. The van der Waals surface area contributed by atoms with Crippen molar-refractivity contribution in [2.75, 3.05) is 6.54 Å². The van der Waals surface area contributed by atoms with Crippen LogP contribution in [0.15, 0.2) is 18.3 Å². The zero-order chi connectivity index (χ0) is 16.7. The second-order valence-electron chi connectivity index (χ2n) is 6.12. The molecule has 3 aromatic rings. The van der Waals surface area contributed by atoms with Gasteiger partial charge in [-0.2, -0.15) is 5.10 Å². The molecule has 0 saturated carbocycles. The molecule has 0 aliphatic carbocycles. The fourth-order valence-corrected chi connectivity index (χ4v) is 3.93. The third-order valence-corrected chi connectivity index (χ3v) is 5.28. The first-order chi connectivity index (χ1) is 11.6. The normalized spacial score (nSPS) is 18.2. The summed E-state index contributed by atoms with van der Waals surface area (Å²) in [6.07, 6.45) is 4.83. The lowest BCUT2D eigenvalue weighted by atomic mass is 9.98. The van der Waals surface area contributed by atoms with Gasteiger partial charge in [0.05, 0.1) is 23.1 Å². The summed E-state index contributed by atoms with van der Waals surface area (Å²) in [5.41, 5.74) is 3.45. The number of hydrogen-bond donors (Lipinski definition) is 0. The molecule has 0 unspecified atom stereocenters. The molecule has 0 bridgehead atoms. The van der Waals surface area contributed by atoms with Crippen LogP contribution in [-0.4, -0.2) is 41.5 Å². The maximum atomic E-state index is 13.0. The van der Waals surface area contributed by atoms with Crippen LogP contribution in [0.4, 0.5) is 0 Å². The lowest BCUT2D eigenvalue weighted by Crippen LogP contribution is -2.39. The van der Waals surface area contributed by atoms with E-state index in [1.54, 1.807) is 6.20 Å². The highest BCUT2D eigenvalue weighted by Gasteiger charge is 2.32. The quantitative estimate of drug-likeness (QED) is 0.715. The zero-order valence-corrected chi connectivity index (χ0v) is 14.5. The van der Waals surface area contributed by atoms with Gasteiger partial charge in [0, 0.05) is 18.8 Å². The first-order valence-electron chi connectivity index (χ1n) is 8.06. The van der Waals surface area contributed by atoms with E-state index in [1.165, 1.54) is 11.5 Å². The van der Waals surface area contributed by atoms with E-state index in [0.29, 0.717) is 10.6 Å². The van der Waals surface area contributed by atoms with Crippen molar-refractivity contribution in [1.82, 2.24) is 29.1 Å². The number of nitrogens with zero attached hydrogens (tertiary/aromatic N) is 6. The van der Waals surface area contributed by atoms with Gasteiger partial charge >= 0.3 is 0 Å². The molecule has 0 N–H and O–H groups in total. The second kappa shape index (κ2) is 5.94. The first kappa shape index (κ1) is 15.2. The Labute approximate surface area is 143 Å². The summed E-state index contributed by atoms with van der Waals surface area (Å²) in [6, 6.07) is 3.92. The average Bonchev–Trinajstić information content (AvgIpc) is 3.18. The predicted octanol–water partition coefficient (Wildman–Crippen LogP) is 2.57. The average molecular weight is 342 g/mol. The SMILES string of the molecule is Cc1cc2nccc([C@@H]3CCCCN3C(=O)c3snnc3C)n2n1. The van der Waals surface area contributed by atoms with Gasteiger partial charge in [0.2, 0.25) is 0 Å². The number of piperidine rings is 1. The number of carbonyl (C=O) groups is 1. The molecular weight excluding hydrogens is 324 g/mol. The highest BCUT2D eigenvalue weighted by Crippen LogP contribution is 2.32. The lowest BCUT2D eigenvalue weighted by molar-refractivity contribution is 0.0607. The summed E-state index contributed by atoms with van der Waals surface area (Å²) in [6.45, 7) is 4.52. The molecule has 1 fully saturated rings. The minimum Gasteiger partial charge on any atom is -0.329 e. The van der Waals surface area contributed by atoms with E-state index >= 15 is 0 Å². The molecule has 0 radical (unpaired) electrons. The Morgan fingerprint density at radius 3 is 3.00 bits per heavy atom. The number of rotatable bonds is 2. The lowest BCUT2D eigenvalue weighted by Gasteiger charge is -2.35. The Balaban J connectivity index is 1.76. The van der Waals surface area contributed by atoms with Crippen molar-refractivity contribution < 1.29 is 4.79 Å². The van der Waals surface area contributed by atoms with Crippen LogP contribution >= 0.6 is 11.5 Å². The van der Waals surface area contributed by atoms with Crippen molar-refractivity contribution in [2.45, 2.75) is 39.2 Å². The molecule has 1 atom stereocenters. The number of aromatic nitrogens is 5. The van der Waals surface area contributed by atoms with Crippen molar-refractivity contribution >= 4 is 23.1 Å². The molecule has 4 rings (SSSR count). The minimum absolute atomic E-state index is 0.00227. The van der Waals surface area contributed by atoms with Gasteiger partial charge in [0.25, 0.3) is 5.91 Å². The van der Waals surface area contributed by atoms with Gasteiger partial charge in [-0.1, -0.05) is 4.49 Å². The van der Waals surface area contributed by atoms with E-state index < -0.39 is 0 Å². The van der Waals surface area contributed by atoms with Crippen LogP contribution in [0.5, 0.6) is 0 Å². The largest absolute Gasteiger partial charge is 0.329 e. The van der Waals surface area contributed by atoms with Gasteiger partial charge in [-0.3, -0.25) is 4.79 Å². The monoisotopic (exact) mass is 342 g/mol. The topological polar surface area (TPSA) is 76.3 Å². The molecule has 1 aliphatic heterocycles. The van der Waals surface area contributed by atoms with Crippen molar-refractivity contribution in [3.63, 3.8) is 0 Å². The van der Waals surface area contributed by atoms with Gasteiger partial charge in [-0.15, -0.1) is 5.10 Å². The van der Waals surface area contributed by atoms with Crippen LogP contribution < -0.4 is 0 Å². The van der Waals surface area contributed by atoms with Crippen LogP contribution in [0.2, 0.25) is 0 Å². The molecule has 1 amide bonds. The highest BCUT2D eigenvalue weighted by atomic mass is 32.1. The molecular formula is C16H18N6OS. The van der Waals surface area contributed by atoms with Gasteiger partial charge in [0.1, 0.15) is 4.88 Å². The van der Waals surface area contributed by atoms with Crippen LogP contribution in [0.3, 0.4) is 0 Å². The number of amides is 1. The molecule has 7 nitrogen and oxygen atoms in total. The summed E-state index contributed by atoms with van der Waals surface area (Å²) in [5, 5.41) is 8.53. The van der Waals surface area contributed by atoms with E-state index in [0.717, 1.165) is 42.8 Å². The molecule has 124 valence electrons. The molecule has 24 heavy (non-hydrogen) atoms. The number of carbonyl (C=O) groups excluding carboxylic acids is 1. The van der Waals surface area contributed by atoms with Gasteiger partial charge in [-0.05, 0) is 50.7 Å². The molecule has 1 saturated heterocycles. The van der Waals surface area contributed by atoms with Gasteiger partial charge < -0.3 is 4.90 Å². The molecule has 8 heteroatoms. The van der Waals surface area contributed by atoms with Crippen molar-refractivity contribution in [3.8, 4) is 0 Å².